The average Bonchev–Trinajstić information content (AvgIpc) is 2.84. The number of hydrogen-bond donors (Lipinski definition) is 1. The third-order valence-electron chi connectivity index (χ3n) is 3.83. The van der Waals surface area contributed by atoms with Crippen molar-refractivity contribution in [1.82, 2.24) is 10.1 Å². The number of nitrogens with two attached hydrogens (primary N) is 1. The smallest absolute Gasteiger partial charge is 0.246 e. The van der Waals surface area contributed by atoms with Crippen LogP contribution < -0.4 is 5.73 Å². The van der Waals surface area contributed by atoms with E-state index in [1.165, 1.54) is 32.1 Å². The molecule has 0 bridgehead atoms. The summed E-state index contributed by atoms with van der Waals surface area (Å²) in [6.45, 7) is 0. The van der Waals surface area contributed by atoms with Crippen molar-refractivity contribution >= 4 is 0 Å². The molecule has 2 saturated carbocycles. The monoisotopic (exact) mass is 207 g/mol. The van der Waals surface area contributed by atoms with Gasteiger partial charge in [0.2, 0.25) is 5.89 Å². The van der Waals surface area contributed by atoms with Gasteiger partial charge in [0, 0.05) is 5.92 Å². The minimum atomic E-state index is -0.302. The van der Waals surface area contributed by atoms with Gasteiger partial charge in [-0.2, -0.15) is 4.98 Å². The highest BCUT2D eigenvalue weighted by Crippen LogP contribution is 2.39. The third-order valence-corrected chi connectivity index (χ3v) is 3.83. The van der Waals surface area contributed by atoms with Crippen LogP contribution in [0, 0.1) is 0 Å². The molecule has 0 unspecified atom stereocenters. The van der Waals surface area contributed by atoms with Crippen LogP contribution in [0.2, 0.25) is 0 Å². The summed E-state index contributed by atoms with van der Waals surface area (Å²) < 4.78 is 5.30. The van der Waals surface area contributed by atoms with E-state index in [2.05, 4.69) is 10.1 Å². The molecule has 2 aliphatic carbocycles. The molecule has 0 aromatic carbocycles. The van der Waals surface area contributed by atoms with Crippen LogP contribution in [0.5, 0.6) is 0 Å². The first-order chi connectivity index (χ1) is 7.28. The van der Waals surface area contributed by atoms with Gasteiger partial charge in [0.25, 0.3) is 0 Å². The fourth-order valence-electron chi connectivity index (χ4n) is 2.56. The molecular formula is C11H17N3O. The Balaban J connectivity index is 1.80. The van der Waals surface area contributed by atoms with Gasteiger partial charge in [-0.15, -0.1) is 0 Å². The van der Waals surface area contributed by atoms with E-state index >= 15 is 0 Å². The van der Waals surface area contributed by atoms with Gasteiger partial charge in [-0.05, 0) is 32.1 Å². The van der Waals surface area contributed by atoms with Crippen LogP contribution >= 0.6 is 0 Å². The van der Waals surface area contributed by atoms with Gasteiger partial charge in [-0.25, -0.2) is 0 Å². The molecule has 0 radical (unpaired) electrons. The fourth-order valence-corrected chi connectivity index (χ4v) is 2.56. The Morgan fingerprint density at radius 2 is 1.93 bits per heavy atom. The second kappa shape index (κ2) is 3.30. The minimum Gasteiger partial charge on any atom is -0.337 e. The van der Waals surface area contributed by atoms with Crippen molar-refractivity contribution in [3.63, 3.8) is 0 Å². The molecule has 1 heterocycles. The summed E-state index contributed by atoms with van der Waals surface area (Å²) in [5.74, 6) is 2.07. The van der Waals surface area contributed by atoms with E-state index in [4.69, 9.17) is 10.3 Å². The lowest BCUT2D eigenvalue weighted by molar-refractivity contribution is 0.181. The zero-order chi connectivity index (χ0) is 10.3. The first-order valence-electron chi connectivity index (χ1n) is 5.91. The Kier molecular flexibility index (Phi) is 2.06. The van der Waals surface area contributed by atoms with Crippen LogP contribution in [0.4, 0.5) is 0 Å². The van der Waals surface area contributed by atoms with Crippen molar-refractivity contribution in [2.45, 2.75) is 56.4 Å². The lowest BCUT2D eigenvalue weighted by Gasteiger charge is -2.33. The predicted molar refractivity (Wildman–Crippen MR) is 55.2 cm³/mol. The number of hydrogen-bond acceptors (Lipinski definition) is 4. The Bertz CT molecular complexity index is 350. The summed E-state index contributed by atoms with van der Waals surface area (Å²) in [4.78, 5) is 4.48. The normalized spacial score (nSPS) is 25.4. The van der Waals surface area contributed by atoms with Gasteiger partial charge < -0.3 is 10.3 Å². The molecule has 4 heteroatoms. The lowest BCUT2D eigenvalue weighted by atomic mass is 9.78. The first-order valence-corrected chi connectivity index (χ1v) is 5.91. The zero-order valence-electron chi connectivity index (χ0n) is 8.91. The van der Waals surface area contributed by atoms with Crippen LogP contribution in [0.3, 0.4) is 0 Å². The van der Waals surface area contributed by atoms with Gasteiger partial charge in [-0.3, -0.25) is 0 Å². The van der Waals surface area contributed by atoms with E-state index in [9.17, 15) is 0 Å². The number of nitrogens with zero attached hydrogens (tertiary/aromatic N) is 2. The number of aromatic nitrogens is 2. The molecule has 0 atom stereocenters. The van der Waals surface area contributed by atoms with E-state index in [0.29, 0.717) is 11.8 Å². The molecule has 15 heavy (non-hydrogen) atoms. The molecule has 4 nitrogen and oxygen atoms in total. The Morgan fingerprint density at radius 1 is 1.20 bits per heavy atom. The molecule has 2 N–H and O–H groups in total. The largest absolute Gasteiger partial charge is 0.337 e. The van der Waals surface area contributed by atoms with E-state index in [1.54, 1.807) is 0 Å². The second-order valence-corrected chi connectivity index (χ2v) is 4.95. The highest BCUT2D eigenvalue weighted by Gasteiger charge is 2.40. The summed E-state index contributed by atoms with van der Waals surface area (Å²) in [5, 5.41) is 4.08. The molecule has 1 aromatic rings. The predicted octanol–water partition coefficient (Wildman–Crippen LogP) is 2.07. The molecule has 0 aliphatic heterocycles. The van der Waals surface area contributed by atoms with Crippen molar-refractivity contribution in [3.8, 4) is 0 Å². The van der Waals surface area contributed by atoms with Crippen LogP contribution in [-0.4, -0.2) is 10.1 Å². The Labute approximate surface area is 89.2 Å². The molecule has 0 saturated heterocycles. The summed E-state index contributed by atoms with van der Waals surface area (Å²) in [7, 11) is 0. The lowest BCUT2D eigenvalue weighted by Crippen LogP contribution is -2.43. The topological polar surface area (TPSA) is 64.9 Å². The molecule has 1 aromatic heterocycles. The zero-order valence-corrected chi connectivity index (χ0v) is 8.91. The molecule has 2 aliphatic rings. The Morgan fingerprint density at radius 3 is 2.53 bits per heavy atom. The third kappa shape index (κ3) is 1.47. The van der Waals surface area contributed by atoms with Crippen molar-refractivity contribution in [2.24, 2.45) is 5.73 Å². The van der Waals surface area contributed by atoms with E-state index in [0.717, 1.165) is 18.7 Å². The maximum atomic E-state index is 6.14. The van der Waals surface area contributed by atoms with Gasteiger partial charge >= 0.3 is 0 Å². The molecular weight excluding hydrogens is 190 g/mol. The van der Waals surface area contributed by atoms with Gasteiger partial charge in [0.1, 0.15) is 0 Å². The van der Waals surface area contributed by atoms with Crippen LogP contribution in [0.1, 0.15) is 62.6 Å². The molecule has 0 spiro atoms. The van der Waals surface area contributed by atoms with E-state index in [1.807, 2.05) is 0 Å². The van der Waals surface area contributed by atoms with Crippen molar-refractivity contribution < 1.29 is 4.52 Å². The first kappa shape index (κ1) is 9.33. The molecule has 82 valence electrons. The molecule has 0 amide bonds. The summed E-state index contributed by atoms with van der Waals surface area (Å²) >= 11 is 0. The van der Waals surface area contributed by atoms with Gasteiger partial charge in [0.15, 0.2) is 5.82 Å². The Hall–Kier alpha value is -0.900. The summed E-state index contributed by atoms with van der Waals surface area (Å²) in [6.07, 6.45) is 8.15. The van der Waals surface area contributed by atoms with E-state index in [-0.39, 0.29) is 5.54 Å². The second-order valence-electron chi connectivity index (χ2n) is 4.95. The fraction of sp³-hybridized carbons (Fsp3) is 0.818. The highest BCUT2D eigenvalue weighted by atomic mass is 16.5. The quantitative estimate of drug-likeness (QED) is 0.806. The van der Waals surface area contributed by atoms with Crippen LogP contribution in [0.15, 0.2) is 4.52 Å². The van der Waals surface area contributed by atoms with Crippen molar-refractivity contribution in [3.05, 3.63) is 11.7 Å². The SMILES string of the molecule is NC1(c2nc(C3CCCC3)no2)CCC1. The summed E-state index contributed by atoms with van der Waals surface area (Å²) in [5.41, 5.74) is 5.84. The highest BCUT2D eigenvalue weighted by molar-refractivity contribution is 5.09. The minimum absolute atomic E-state index is 0.302. The maximum Gasteiger partial charge on any atom is 0.246 e. The van der Waals surface area contributed by atoms with Crippen molar-refractivity contribution in [1.29, 1.82) is 0 Å². The standard InChI is InChI=1S/C11H17N3O/c12-11(6-3-7-11)10-13-9(14-15-10)8-4-1-2-5-8/h8H,1-7,12H2. The van der Waals surface area contributed by atoms with Crippen LogP contribution in [0.25, 0.3) is 0 Å². The molecule has 2 fully saturated rings. The van der Waals surface area contributed by atoms with Gasteiger partial charge in [-0.1, -0.05) is 18.0 Å². The van der Waals surface area contributed by atoms with Crippen LogP contribution in [-0.2, 0) is 5.54 Å². The average molecular weight is 207 g/mol. The number of rotatable bonds is 2. The van der Waals surface area contributed by atoms with Crippen molar-refractivity contribution in [2.75, 3.05) is 0 Å². The van der Waals surface area contributed by atoms with E-state index < -0.39 is 0 Å². The maximum absolute atomic E-state index is 6.14. The summed E-state index contributed by atoms with van der Waals surface area (Å²) in [6, 6.07) is 0. The molecule has 3 rings (SSSR count). The van der Waals surface area contributed by atoms with Gasteiger partial charge in [0.05, 0.1) is 5.54 Å².